The Balaban J connectivity index is 1.54. The van der Waals surface area contributed by atoms with E-state index in [1.54, 1.807) is 6.20 Å². The third-order valence-electron chi connectivity index (χ3n) is 4.86. The molecule has 0 spiro atoms. The van der Waals surface area contributed by atoms with Crippen molar-refractivity contribution in [3.05, 3.63) is 18.0 Å². The van der Waals surface area contributed by atoms with Gasteiger partial charge in [0.15, 0.2) is 0 Å². The van der Waals surface area contributed by atoms with Gasteiger partial charge < -0.3 is 5.32 Å². The van der Waals surface area contributed by atoms with E-state index in [9.17, 15) is 10.1 Å². The summed E-state index contributed by atoms with van der Waals surface area (Å²) < 4.78 is 0. The van der Waals surface area contributed by atoms with Crippen molar-refractivity contribution in [3.63, 3.8) is 0 Å². The molecule has 22 heavy (non-hydrogen) atoms. The summed E-state index contributed by atoms with van der Waals surface area (Å²) in [4.78, 5) is 14.5. The van der Waals surface area contributed by atoms with Crippen molar-refractivity contribution in [3.8, 4) is 6.07 Å². The first-order chi connectivity index (χ1) is 10.6. The first kappa shape index (κ1) is 15.0. The summed E-state index contributed by atoms with van der Waals surface area (Å²) in [5, 5.41) is 19.3. The molecule has 1 amide bonds. The first-order valence-electron chi connectivity index (χ1n) is 8.04. The number of aromatic nitrogens is 2. The van der Waals surface area contributed by atoms with Gasteiger partial charge in [0.05, 0.1) is 12.6 Å². The molecular weight excluding hydrogens is 278 g/mol. The van der Waals surface area contributed by atoms with E-state index in [-0.39, 0.29) is 5.91 Å². The molecule has 3 rings (SSSR count). The van der Waals surface area contributed by atoms with Crippen LogP contribution in [0.3, 0.4) is 0 Å². The number of nitrogens with zero attached hydrogens (tertiary/aromatic N) is 3. The van der Waals surface area contributed by atoms with Crippen LogP contribution in [0.1, 0.15) is 44.2 Å². The van der Waals surface area contributed by atoms with E-state index in [2.05, 4.69) is 26.5 Å². The number of carbonyl (C=O) groups excluding carboxylic acids is 1. The molecule has 1 aliphatic heterocycles. The van der Waals surface area contributed by atoms with Gasteiger partial charge in [-0.1, -0.05) is 0 Å². The standard InChI is InChI=1S/C16H23N5O/c1-16(11-17,13-4-5-13)19-15(22)10-21-8-2-3-12(9-21)14-6-7-18-20-14/h6-7,12-13H,2-5,8-10H2,1H3,(H,18,20)(H,19,22). The summed E-state index contributed by atoms with van der Waals surface area (Å²) in [6.07, 6.45) is 6.05. The van der Waals surface area contributed by atoms with Crippen LogP contribution in [0.5, 0.6) is 0 Å². The van der Waals surface area contributed by atoms with E-state index in [0.717, 1.165) is 44.5 Å². The van der Waals surface area contributed by atoms with Crippen LogP contribution in [0.25, 0.3) is 0 Å². The number of nitrogens with one attached hydrogen (secondary N) is 2. The summed E-state index contributed by atoms with van der Waals surface area (Å²) in [5.41, 5.74) is 0.445. The van der Waals surface area contributed by atoms with Crippen molar-refractivity contribution in [2.75, 3.05) is 19.6 Å². The van der Waals surface area contributed by atoms with Crippen LogP contribution >= 0.6 is 0 Å². The minimum Gasteiger partial charge on any atom is -0.337 e. The summed E-state index contributed by atoms with van der Waals surface area (Å²) in [6, 6.07) is 4.28. The number of carbonyl (C=O) groups is 1. The van der Waals surface area contributed by atoms with Crippen molar-refractivity contribution >= 4 is 5.91 Å². The lowest BCUT2D eigenvalue weighted by Crippen LogP contribution is -2.51. The highest BCUT2D eigenvalue weighted by atomic mass is 16.2. The molecule has 118 valence electrons. The number of nitriles is 1. The average Bonchev–Trinajstić information content (AvgIpc) is 3.23. The lowest BCUT2D eigenvalue weighted by Gasteiger charge is -2.32. The second kappa shape index (κ2) is 6.09. The molecule has 6 nitrogen and oxygen atoms in total. The number of H-pyrrole nitrogens is 1. The van der Waals surface area contributed by atoms with E-state index >= 15 is 0 Å². The minimum absolute atomic E-state index is 0.0405. The third-order valence-corrected chi connectivity index (χ3v) is 4.86. The molecule has 2 heterocycles. The molecule has 2 unspecified atom stereocenters. The van der Waals surface area contributed by atoms with Gasteiger partial charge in [0.25, 0.3) is 0 Å². The predicted octanol–water partition coefficient (Wildman–Crippen LogP) is 1.40. The van der Waals surface area contributed by atoms with Gasteiger partial charge in [0.1, 0.15) is 5.54 Å². The molecule has 0 bridgehead atoms. The van der Waals surface area contributed by atoms with Gasteiger partial charge in [-0.2, -0.15) is 10.4 Å². The van der Waals surface area contributed by atoms with Gasteiger partial charge in [0.2, 0.25) is 5.91 Å². The highest BCUT2D eigenvalue weighted by Crippen LogP contribution is 2.39. The smallest absolute Gasteiger partial charge is 0.235 e. The summed E-state index contributed by atoms with van der Waals surface area (Å²) in [6.45, 7) is 4.01. The minimum atomic E-state index is -0.699. The predicted molar refractivity (Wildman–Crippen MR) is 81.9 cm³/mol. The van der Waals surface area contributed by atoms with Crippen molar-refractivity contribution in [1.29, 1.82) is 5.26 Å². The number of likely N-dealkylation sites (tertiary alicyclic amines) is 1. The van der Waals surface area contributed by atoms with Crippen molar-refractivity contribution < 1.29 is 4.79 Å². The Hall–Kier alpha value is -1.87. The fourth-order valence-electron chi connectivity index (χ4n) is 3.36. The lowest BCUT2D eigenvalue weighted by molar-refractivity contribution is -0.124. The number of amides is 1. The number of aromatic amines is 1. The molecule has 0 radical (unpaired) electrons. The van der Waals surface area contributed by atoms with Crippen LogP contribution in [-0.4, -0.2) is 46.2 Å². The van der Waals surface area contributed by atoms with Gasteiger partial charge in [0, 0.05) is 24.4 Å². The van der Waals surface area contributed by atoms with E-state index < -0.39 is 5.54 Å². The van der Waals surface area contributed by atoms with Gasteiger partial charge in [-0.3, -0.25) is 14.8 Å². The number of hydrogen-bond donors (Lipinski definition) is 2. The van der Waals surface area contributed by atoms with Crippen LogP contribution in [0.2, 0.25) is 0 Å². The van der Waals surface area contributed by atoms with E-state index in [4.69, 9.17) is 0 Å². The Kier molecular flexibility index (Phi) is 4.16. The van der Waals surface area contributed by atoms with Crippen LogP contribution in [0.4, 0.5) is 0 Å². The molecule has 2 atom stereocenters. The molecule has 1 aliphatic carbocycles. The van der Waals surface area contributed by atoms with E-state index in [1.165, 1.54) is 0 Å². The first-order valence-corrected chi connectivity index (χ1v) is 8.04. The molecule has 1 saturated heterocycles. The Labute approximate surface area is 130 Å². The summed E-state index contributed by atoms with van der Waals surface area (Å²) in [7, 11) is 0. The second-order valence-electron chi connectivity index (χ2n) is 6.72. The number of hydrogen-bond acceptors (Lipinski definition) is 4. The van der Waals surface area contributed by atoms with Crippen molar-refractivity contribution in [1.82, 2.24) is 20.4 Å². The third kappa shape index (κ3) is 3.30. The van der Waals surface area contributed by atoms with Gasteiger partial charge >= 0.3 is 0 Å². The second-order valence-corrected chi connectivity index (χ2v) is 6.72. The maximum absolute atomic E-state index is 12.3. The topological polar surface area (TPSA) is 84.8 Å². The summed E-state index contributed by atoms with van der Waals surface area (Å²) >= 11 is 0. The Morgan fingerprint density at radius 3 is 3.05 bits per heavy atom. The zero-order chi connectivity index (χ0) is 15.6. The van der Waals surface area contributed by atoms with Crippen molar-refractivity contribution in [2.24, 2.45) is 5.92 Å². The molecule has 6 heteroatoms. The SMILES string of the molecule is CC(C#N)(NC(=O)CN1CCCC(c2ccn[nH]2)C1)C1CC1. The highest BCUT2D eigenvalue weighted by Gasteiger charge is 2.43. The molecular formula is C16H23N5O. The molecule has 2 fully saturated rings. The largest absolute Gasteiger partial charge is 0.337 e. The number of piperidine rings is 1. The van der Waals surface area contributed by atoms with E-state index in [0.29, 0.717) is 18.4 Å². The average molecular weight is 301 g/mol. The molecule has 1 aromatic rings. The zero-order valence-electron chi connectivity index (χ0n) is 13.0. The van der Waals surface area contributed by atoms with E-state index in [1.807, 2.05) is 13.0 Å². The molecule has 1 aromatic heterocycles. The summed E-state index contributed by atoms with van der Waals surface area (Å²) in [5.74, 6) is 0.691. The van der Waals surface area contributed by atoms with Crippen LogP contribution < -0.4 is 5.32 Å². The normalized spacial score (nSPS) is 25.2. The quantitative estimate of drug-likeness (QED) is 0.861. The van der Waals surface area contributed by atoms with Crippen LogP contribution in [0, 0.1) is 17.2 Å². The lowest BCUT2D eigenvalue weighted by atomic mass is 9.94. The fourth-order valence-corrected chi connectivity index (χ4v) is 3.36. The monoisotopic (exact) mass is 301 g/mol. The Morgan fingerprint density at radius 1 is 1.59 bits per heavy atom. The molecule has 1 saturated carbocycles. The number of rotatable bonds is 5. The van der Waals surface area contributed by atoms with Crippen LogP contribution in [-0.2, 0) is 4.79 Å². The fraction of sp³-hybridized carbons (Fsp3) is 0.688. The zero-order valence-corrected chi connectivity index (χ0v) is 13.0. The molecule has 2 aliphatic rings. The Morgan fingerprint density at radius 2 is 2.41 bits per heavy atom. The van der Waals surface area contributed by atoms with Crippen LogP contribution in [0.15, 0.2) is 12.3 Å². The van der Waals surface area contributed by atoms with Gasteiger partial charge in [-0.25, -0.2) is 0 Å². The maximum atomic E-state index is 12.3. The Bertz CT molecular complexity index is 560. The van der Waals surface area contributed by atoms with Gasteiger partial charge in [-0.05, 0) is 51.1 Å². The van der Waals surface area contributed by atoms with Crippen molar-refractivity contribution in [2.45, 2.75) is 44.1 Å². The molecule has 2 N–H and O–H groups in total. The highest BCUT2D eigenvalue weighted by molar-refractivity contribution is 5.79. The van der Waals surface area contributed by atoms with Gasteiger partial charge in [-0.15, -0.1) is 0 Å². The maximum Gasteiger partial charge on any atom is 0.235 e. The molecule has 0 aromatic carbocycles.